The molecule has 0 aromatic carbocycles. The number of sulfonamides is 1. The minimum absolute atomic E-state index is 0.237. The molecule has 4 N–H and O–H groups in total. The standard InChI is InChI=1S/C12H20N6O2S/c1-9-12(10(2)18(17-9)6-4-13)21(19,20)16-5-3-11-7-14-8-15-11/h7-8,16H,3-6,13H2,1-2H3,(H,14,15). The van der Waals surface area contributed by atoms with Gasteiger partial charge in [-0.2, -0.15) is 5.10 Å². The molecule has 0 amide bonds. The predicted molar refractivity (Wildman–Crippen MR) is 78.2 cm³/mol. The third-order valence-corrected chi connectivity index (χ3v) is 4.88. The minimum atomic E-state index is -3.58. The van der Waals surface area contributed by atoms with Crippen molar-refractivity contribution < 1.29 is 8.42 Å². The molecule has 0 aliphatic carbocycles. The van der Waals surface area contributed by atoms with Gasteiger partial charge in [0.1, 0.15) is 4.90 Å². The largest absolute Gasteiger partial charge is 0.348 e. The summed E-state index contributed by atoms with van der Waals surface area (Å²) in [6.45, 7) is 4.62. The third-order valence-electron chi connectivity index (χ3n) is 3.17. The van der Waals surface area contributed by atoms with Gasteiger partial charge in [-0.05, 0) is 13.8 Å². The lowest BCUT2D eigenvalue weighted by atomic mass is 10.3. The Labute approximate surface area is 123 Å². The van der Waals surface area contributed by atoms with Gasteiger partial charge in [0, 0.05) is 31.4 Å². The summed E-state index contributed by atoms with van der Waals surface area (Å²) in [5, 5.41) is 4.23. The second kappa shape index (κ2) is 6.37. The highest BCUT2D eigenvalue weighted by Gasteiger charge is 2.23. The summed E-state index contributed by atoms with van der Waals surface area (Å²) in [7, 11) is -3.58. The third kappa shape index (κ3) is 3.49. The molecule has 0 saturated carbocycles. The van der Waals surface area contributed by atoms with E-state index in [2.05, 4.69) is 19.8 Å². The van der Waals surface area contributed by atoms with Gasteiger partial charge in [-0.3, -0.25) is 4.68 Å². The molecule has 2 aromatic heterocycles. The predicted octanol–water partition coefficient (Wildman–Crippen LogP) is -0.297. The van der Waals surface area contributed by atoms with E-state index in [1.165, 1.54) is 0 Å². The zero-order valence-corrected chi connectivity index (χ0v) is 12.9. The van der Waals surface area contributed by atoms with E-state index in [1.807, 2.05) is 0 Å². The van der Waals surface area contributed by atoms with Gasteiger partial charge in [0.2, 0.25) is 10.0 Å². The van der Waals surface area contributed by atoms with Gasteiger partial charge >= 0.3 is 0 Å². The highest BCUT2D eigenvalue weighted by Crippen LogP contribution is 2.18. The molecule has 0 unspecified atom stereocenters. The zero-order chi connectivity index (χ0) is 15.5. The van der Waals surface area contributed by atoms with Crippen molar-refractivity contribution in [3.63, 3.8) is 0 Å². The Morgan fingerprint density at radius 1 is 1.43 bits per heavy atom. The van der Waals surface area contributed by atoms with Crippen molar-refractivity contribution in [1.29, 1.82) is 0 Å². The highest BCUT2D eigenvalue weighted by molar-refractivity contribution is 7.89. The number of H-pyrrole nitrogens is 1. The smallest absolute Gasteiger partial charge is 0.244 e. The van der Waals surface area contributed by atoms with Gasteiger partial charge in [-0.1, -0.05) is 0 Å². The van der Waals surface area contributed by atoms with Crippen LogP contribution in [0.4, 0.5) is 0 Å². The van der Waals surface area contributed by atoms with Crippen molar-refractivity contribution in [2.75, 3.05) is 13.1 Å². The Morgan fingerprint density at radius 2 is 2.19 bits per heavy atom. The molecule has 0 spiro atoms. The first-order chi connectivity index (χ1) is 9.95. The van der Waals surface area contributed by atoms with Crippen molar-refractivity contribution >= 4 is 10.0 Å². The monoisotopic (exact) mass is 312 g/mol. The van der Waals surface area contributed by atoms with Crippen molar-refractivity contribution in [1.82, 2.24) is 24.5 Å². The molecule has 21 heavy (non-hydrogen) atoms. The topological polar surface area (TPSA) is 119 Å². The molecule has 0 atom stereocenters. The molecule has 0 bridgehead atoms. The number of imidazole rings is 1. The number of nitrogens with two attached hydrogens (primary N) is 1. The minimum Gasteiger partial charge on any atom is -0.348 e. The maximum absolute atomic E-state index is 12.4. The van der Waals surface area contributed by atoms with Crippen LogP contribution in [0.1, 0.15) is 17.1 Å². The molecule has 2 aromatic rings. The zero-order valence-electron chi connectivity index (χ0n) is 12.1. The number of aromatic amines is 1. The van der Waals surface area contributed by atoms with Gasteiger partial charge in [-0.25, -0.2) is 18.1 Å². The van der Waals surface area contributed by atoms with Gasteiger partial charge < -0.3 is 10.7 Å². The van der Waals surface area contributed by atoms with Crippen molar-refractivity contribution in [2.24, 2.45) is 5.73 Å². The Morgan fingerprint density at radius 3 is 2.81 bits per heavy atom. The van der Waals surface area contributed by atoms with Crippen LogP contribution >= 0.6 is 0 Å². The van der Waals surface area contributed by atoms with Crippen LogP contribution in [0.5, 0.6) is 0 Å². The number of hydrogen-bond acceptors (Lipinski definition) is 5. The molecule has 0 aliphatic heterocycles. The Bertz CT molecular complexity index is 690. The lowest BCUT2D eigenvalue weighted by Gasteiger charge is -2.07. The number of aromatic nitrogens is 4. The summed E-state index contributed by atoms with van der Waals surface area (Å²) in [6, 6.07) is 0. The van der Waals surface area contributed by atoms with Crippen LogP contribution in [0, 0.1) is 13.8 Å². The lowest BCUT2D eigenvalue weighted by molar-refractivity contribution is 0.577. The molecule has 9 heteroatoms. The van der Waals surface area contributed by atoms with Crippen LogP contribution < -0.4 is 10.5 Å². The Balaban J connectivity index is 2.12. The number of rotatable bonds is 7. The van der Waals surface area contributed by atoms with Crippen LogP contribution in [0.3, 0.4) is 0 Å². The van der Waals surface area contributed by atoms with E-state index >= 15 is 0 Å². The molecule has 8 nitrogen and oxygen atoms in total. The van der Waals surface area contributed by atoms with E-state index in [4.69, 9.17) is 5.73 Å². The maximum Gasteiger partial charge on any atom is 0.244 e. The van der Waals surface area contributed by atoms with Gasteiger partial charge in [0.25, 0.3) is 0 Å². The van der Waals surface area contributed by atoms with Crippen LogP contribution in [0.25, 0.3) is 0 Å². The molecular formula is C12H20N6O2S. The van der Waals surface area contributed by atoms with Crippen LogP contribution in [-0.2, 0) is 23.0 Å². The second-order valence-corrected chi connectivity index (χ2v) is 6.44. The first-order valence-corrected chi connectivity index (χ1v) is 8.15. The van der Waals surface area contributed by atoms with E-state index in [0.717, 1.165) is 5.69 Å². The van der Waals surface area contributed by atoms with E-state index in [0.29, 0.717) is 37.4 Å². The van der Waals surface area contributed by atoms with E-state index < -0.39 is 10.0 Å². The molecule has 2 rings (SSSR count). The Kier molecular flexibility index (Phi) is 4.76. The maximum atomic E-state index is 12.4. The molecule has 0 fully saturated rings. The first kappa shape index (κ1) is 15.7. The fourth-order valence-corrected chi connectivity index (χ4v) is 3.66. The van der Waals surface area contributed by atoms with Crippen LogP contribution in [0.2, 0.25) is 0 Å². The average Bonchev–Trinajstić information content (AvgIpc) is 2.99. The Hall–Kier alpha value is -1.71. The average molecular weight is 312 g/mol. The van der Waals surface area contributed by atoms with E-state index in [-0.39, 0.29) is 4.90 Å². The number of hydrogen-bond donors (Lipinski definition) is 3. The summed E-state index contributed by atoms with van der Waals surface area (Å²) in [6.07, 6.45) is 3.79. The van der Waals surface area contributed by atoms with Gasteiger partial charge in [0.15, 0.2) is 0 Å². The van der Waals surface area contributed by atoms with Crippen LogP contribution in [-0.4, -0.2) is 41.3 Å². The number of nitrogens with zero attached hydrogens (tertiary/aromatic N) is 3. The quantitative estimate of drug-likeness (QED) is 0.649. The first-order valence-electron chi connectivity index (χ1n) is 6.66. The number of nitrogens with one attached hydrogen (secondary N) is 2. The molecular weight excluding hydrogens is 292 g/mol. The normalized spacial score (nSPS) is 12.0. The summed E-state index contributed by atoms with van der Waals surface area (Å²) in [5.41, 5.74) is 7.46. The van der Waals surface area contributed by atoms with Crippen molar-refractivity contribution in [3.8, 4) is 0 Å². The SMILES string of the molecule is Cc1nn(CCN)c(C)c1S(=O)(=O)NCCc1cnc[nH]1. The number of aryl methyl sites for hydroxylation is 1. The van der Waals surface area contributed by atoms with Crippen molar-refractivity contribution in [2.45, 2.75) is 31.7 Å². The van der Waals surface area contributed by atoms with Gasteiger partial charge in [0.05, 0.1) is 24.3 Å². The van der Waals surface area contributed by atoms with Crippen LogP contribution in [0.15, 0.2) is 17.4 Å². The lowest BCUT2D eigenvalue weighted by Crippen LogP contribution is -2.27. The van der Waals surface area contributed by atoms with E-state index in [9.17, 15) is 8.42 Å². The molecule has 2 heterocycles. The molecule has 0 saturated heterocycles. The second-order valence-electron chi connectivity index (χ2n) is 4.74. The summed E-state index contributed by atoms with van der Waals surface area (Å²) in [4.78, 5) is 7.06. The molecule has 0 aliphatic rings. The van der Waals surface area contributed by atoms with E-state index in [1.54, 1.807) is 31.1 Å². The highest BCUT2D eigenvalue weighted by atomic mass is 32.2. The molecule has 116 valence electrons. The summed E-state index contributed by atoms with van der Waals surface area (Å²) >= 11 is 0. The molecule has 0 radical (unpaired) electrons. The van der Waals surface area contributed by atoms with Gasteiger partial charge in [-0.15, -0.1) is 0 Å². The van der Waals surface area contributed by atoms with Crippen molar-refractivity contribution in [3.05, 3.63) is 29.6 Å². The fraction of sp³-hybridized carbons (Fsp3) is 0.500. The summed E-state index contributed by atoms with van der Waals surface area (Å²) < 4.78 is 29.0. The summed E-state index contributed by atoms with van der Waals surface area (Å²) in [5.74, 6) is 0. The fourth-order valence-electron chi connectivity index (χ4n) is 2.22.